The van der Waals surface area contributed by atoms with E-state index >= 15 is 0 Å². The molecular formula is C9H10O5. The minimum atomic E-state index is -1.04. The Bertz CT molecular complexity index is 305. The first kappa shape index (κ1) is 9.23. The number of rotatable bonds is 2. The summed E-state index contributed by atoms with van der Waals surface area (Å²) < 4.78 is 15.5. The zero-order valence-corrected chi connectivity index (χ0v) is 7.38. The Morgan fingerprint density at radius 3 is 2.86 bits per heavy atom. The first-order valence-electron chi connectivity index (χ1n) is 4.28. The van der Waals surface area contributed by atoms with E-state index in [2.05, 4.69) is 0 Å². The summed E-state index contributed by atoms with van der Waals surface area (Å²) in [4.78, 5) is 10.8. The Labute approximate surface area is 80.2 Å². The standard InChI is InChI=1S/C9H10O5/c10-9(11)8-7(13-4-5-14-8)6-2-1-3-12-6/h1-3,7-8H,4-5H2,(H,10,11)/t7-,8+/m1/s1. The van der Waals surface area contributed by atoms with Crippen molar-refractivity contribution in [2.75, 3.05) is 13.2 Å². The molecule has 5 heteroatoms. The van der Waals surface area contributed by atoms with Crippen LogP contribution in [0, 0.1) is 0 Å². The summed E-state index contributed by atoms with van der Waals surface area (Å²) in [7, 11) is 0. The molecule has 1 aromatic heterocycles. The van der Waals surface area contributed by atoms with Gasteiger partial charge in [-0.15, -0.1) is 0 Å². The van der Waals surface area contributed by atoms with Gasteiger partial charge in [-0.25, -0.2) is 4.79 Å². The third-order valence-electron chi connectivity index (χ3n) is 2.02. The molecule has 1 fully saturated rings. The van der Waals surface area contributed by atoms with Gasteiger partial charge in [0, 0.05) is 0 Å². The van der Waals surface area contributed by atoms with Gasteiger partial charge in [-0.05, 0) is 12.1 Å². The van der Waals surface area contributed by atoms with Crippen LogP contribution in [0.3, 0.4) is 0 Å². The van der Waals surface area contributed by atoms with Crippen LogP contribution in [-0.4, -0.2) is 30.4 Å². The lowest BCUT2D eigenvalue weighted by molar-refractivity contribution is -0.184. The monoisotopic (exact) mass is 198 g/mol. The maximum atomic E-state index is 10.8. The van der Waals surface area contributed by atoms with Gasteiger partial charge in [-0.1, -0.05) is 0 Å². The van der Waals surface area contributed by atoms with Crippen LogP contribution in [0.5, 0.6) is 0 Å². The molecule has 0 radical (unpaired) electrons. The molecule has 0 amide bonds. The minimum Gasteiger partial charge on any atom is -0.479 e. The highest BCUT2D eigenvalue weighted by Gasteiger charge is 2.35. The van der Waals surface area contributed by atoms with E-state index in [1.807, 2.05) is 0 Å². The van der Waals surface area contributed by atoms with Gasteiger partial charge in [0.2, 0.25) is 0 Å². The molecule has 1 aliphatic heterocycles. The largest absolute Gasteiger partial charge is 0.479 e. The van der Waals surface area contributed by atoms with Gasteiger partial charge >= 0.3 is 5.97 Å². The number of carboxylic acid groups (broad SMARTS) is 1. The molecule has 5 nitrogen and oxygen atoms in total. The lowest BCUT2D eigenvalue weighted by Crippen LogP contribution is -2.38. The highest BCUT2D eigenvalue weighted by Crippen LogP contribution is 2.26. The third kappa shape index (κ3) is 1.64. The van der Waals surface area contributed by atoms with E-state index in [9.17, 15) is 4.79 Å². The van der Waals surface area contributed by atoms with E-state index in [-0.39, 0.29) is 0 Å². The van der Waals surface area contributed by atoms with E-state index in [0.717, 1.165) is 0 Å². The van der Waals surface area contributed by atoms with Crippen molar-refractivity contribution in [3.63, 3.8) is 0 Å². The first-order chi connectivity index (χ1) is 6.79. The summed E-state index contributed by atoms with van der Waals surface area (Å²) in [6.45, 7) is 0.684. The Hall–Kier alpha value is -1.33. The Morgan fingerprint density at radius 2 is 2.21 bits per heavy atom. The van der Waals surface area contributed by atoms with Gasteiger partial charge in [-0.3, -0.25) is 0 Å². The number of hydrogen-bond donors (Lipinski definition) is 1. The molecule has 0 spiro atoms. The fraction of sp³-hybridized carbons (Fsp3) is 0.444. The Balaban J connectivity index is 2.18. The van der Waals surface area contributed by atoms with Crippen LogP contribution in [0.4, 0.5) is 0 Å². The third-order valence-corrected chi connectivity index (χ3v) is 2.02. The lowest BCUT2D eigenvalue weighted by atomic mass is 10.1. The molecule has 0 saturated carbocycles. The molecule has 14 heavy (non-hydrogen) atoms. The molecule has 2 rings (SSSR count). The summed E-state index contributed by atoms with van der Waals surface area (Å²) in [6, 6.07) is 3.36. The van der Waals surface area contributed by atoms with E-state index < -0.39 is 18.2 Å². The van der Waals surface area contributed by atoms with Gasteiger partial charge in [0.15, 0.2) is 12.2 Å². The predicted molar refractivity (Wildman–Crippen MR) is 44.8 cm³/mol. The first-order valence-corrected chi connectivity index (χ1v) is 4.28. The molecule has 0 bridgehead atoms. The number of furan rings is 1. The summed E-state index contributed by atoms with van der Waals surface area (Å²) in [5.74, 6) is -0.553. The average Bonchev–Trinajstić information content (AvgIpc) is 2.70. The summed E-state index contributed by atoms with van der Waals surface area (Å²) in [5, 5.41) is 8.86. The highest BCUT2D eigenvalue weighted by atomic mass is 16.6. The topological polar surface area (TPSA) is 68.9 Å². The van der Waals surface area contributed by atoms with Gasteiger partial charge < -0.3 is 19.0 Å². The van der Waals surface area contributed by atoms with Crippen LogP contribution >= 0.6 is 0 Å². The summed E-state index contributed by atoms with van der Waals surface area (Å²) in [5.41, 5.74) is 0. The molecule has 1 N–H and O–H groups in total. The Kier molecular flexibility index (Phi) is 2.51. The molecule has 1 saturated heterocycles. The zero-order chi connectivity index (χ0) is 9.97. The molecule has 2 atom stereocenters. The number of carboxylic acids is 1. The molecule has 2 heterocycles. The SMILES string of the molecule is O=C(O)[C@H]1OCCO[C@@H]1c1ccco1. The average molecular weight is 198 g/mol. The molecule has 0 aliphatic carbocycles. The van der Waals surface area contributed by atoms with Gasteiger partial charge in [0.25, 0.3) is 0 Å². The smallest absolute Gasteiger partial charge is 0.336 e. The van der Waals surface area contributed by atoms with Crippen molar-refractivity contribution in [3.8, 4) is 0 Å². The van der Waals surface area contributed by atoms with Gasteiger partial charge in [0.1, 0.15) is 5.76 Å². The number of hydrogen-bond acceptors (Lipinski definition) is 4. The van der Waals surface area contributed by atoms with Crippen LogP contribution in [-0.2, 0) is 14.3 Å². The van der Waals surface area contributed by atoms with E-state index in [1.54, 1.807) is 12.1 Å². The molecule has 0 unspecified atom stereocenters. The predicted octanol–water partition coefficient (Wildman–Crippen LogP) is 0.821. The fourth-order valence-electron chi connectivity index (χ4n) is 1.41. The van der Waals surface area contributed by atoms with Crippen molar-refractivity contribution in [3.05, 3.63) is 24.2 Å². The quantitative estimate of drug-likeness (QED) is 0.761. The minimum absolute atomic E-state index is 0.300. The van der Waals surface area contributed by atoms with E-state index in [0.29, 0.717) is 19.0 Å². The second kappa shape index (κ2) is 3.81. The zero-order valence-electron chi connectivity index (χ0n) is 7.38. The molecule has 76 valence electrons. The lowest BCUT2D eigenvalue weighted by Gasteiger charge is -2.27. The number of aliphatic carboxylic acids is 1. The number of ether oxygens (including phenoxy) is 2. The highest BCUT2D eigenvalue weighted by molar-refractivity contribution is 5.73. The summed E-state index contributed by atoms with van der Waals surface area (Å²) >= 11 is 0. The van der Waals surface area contributed by atoms with Crippen LogP contribution in [0.25, 0.3) is 0 Å². The second-order valence-corrected chi connectivity index (χ2v) is 2.94. The van der Waals surface area contributed by atoms with Crippen molar-refractivity contribution >= 4 is 5.97 Å². The van der Waals surface area contributed by atoms with Crippen LogP contribution in [0.15, 0.2) is 22.8 Å². The Morgan fingerprint density at radius 1 is 1.43 bits per heavy atom. The van der Waals surface area contributed by atoms with Crippen LogP contribution in [0.2, 0.25) is 0 Å². The summed E-state index contributed by atoms with van der Waals surface area (Å²) in [6.07, 6.45) is -0.141. The van der Waals surface area contributed by atoms with Crippen molar-refractivity contribution in [2.24, 2.45) is 0 Å². The second-order valence-electron chi connectivity index (χ2n) is 2.94. The fourth-order valence-corrected chi connectivity index (χ4v) is 1.41. The van der Waals surface area contributed by atoms with Crippen molar-refractivity contribution in [1.82, 2.24) is 0 Å². The van der Waals surface area contributed by atoms with Gasteiger partial charge in [0.05, 0.1) is 19.5 Å². The molecule has 1 aliphatic rings. The van der Waals surface area contributed by atoms with E-state index in [4.69, 9.17) is 19.0 Å². The van der Waals surface area contributed by atoms with Crippen molar-refractivity contribution in [2.45, 2.75) is 12.2 Å². The molecule has 0 aromatic carbocycles. The number of carbonyl (C=O) groups is 1. The maximum absolute atomic E-state index is 10.8. The van der Waals surface area contributed by atoms with Crippen molar-refractivity contribution < 1.29 is 23.8 Å². The van der Waals surface area contributed by atoms with E-state index in [1.165, 1.54) is 6.26 Å². The molecule has 1 aromatic rings. The normalized spacial score (nSPS) is 27.4. The van der Waals surface area contributed by atoms with Crippen molar-refractivity contribution in [1.29, 1.82) is 0 Å². The van der Waals surface area contributed by atoms with Crippen LogP contribution < -0.4 is 0 Å². The molecular weight excluding hydrogens is 188 g/mol. The van der Waals surface area contributed by atoms with Gasteiger partial charge in [-0.2, -0.15) is 0 Å². The maximum Gasteiger partial charge on any atom is 0.336 e. The van der Waals surface area contributed by atoms with Crippen LogP contribution in [0.1, 0.15) is 11.9 Å².